The molecular weight excluding hydrogens is 224 g/mol. The van der Waals surface area contributed by atoms with Crippen LogP contribution in [-0.4, -0.2) is 26.0 Å². The molecule has 1 fully saturated rings. The summed E-state index contributed by atoms with van der Waals surface area (Å²) in [5.41, 5.74) is 2.26. The molecule has 3 nitrogen and oxygen atoms in total. The molecule has 0 saturated heterocycles. The molecule has 0 spiro atoms. The van der Waals surface area contributed by atoms with Crippen molar-refractivity contribution in [1.82, 2.24) is 0 Å². The molecule has 18 heavy (non-hydrogen) atoms. The first-order valence-electron chi connectivity index (χ1n) is 6.89. The molecule has 2 aliphatic rings. The van der Waals surface area contributed by atoms with Crippen molar-refractivity contribution in [3.63, 3.8) is 0 Å². The fourth-order valence-corrected chi connectivity index (χ4v) is 3.13. The van der Waals surface area contributed by atoms with Gasteiger partial charge in [0, 0.05) is 26.1 Å². The van der Waals surface area contributed by atoms with Gasteiger partial charge in [-0.25, -0.2) is 0 Å². The van der Waals surface area contributed by atoms with E-state index in [9.17, 15) is 4.79 Å². The van der Waals surface area contributed by atoms with Crippen molar-refractivity contribution in [3.8, 4) is 0 Å². The van der Waals surface area contributed by atoms with Crippen LogP contribution < -0.4 is 9.80 Å². The molecule has 1 aromatic carbocycles. The number of amides is 1. The molecule has 0 bridgehead atoms. The third-order valence-corrected chi connectivity index (χ3v) is 4.21. The lowest BCUT2D eigenvalue weighted by atomic mass is 10.0. The van der Waals surface area contributed by atoms with Crippen LogP contribution in [0.1, 0.15) is 25.7 Å². The van der Waals surface area contributed by atoms with Crippen molar-refractivity contribution in [3.05, 3.63) is 24.3 Å². The molecular formula is C15H20N2O. The Balaban J connectivity index is 1.89. The molecule has 0 unspecified atom stereocenters. The van der Waals surface area contributed by atoms with Crippen LogP contribution in [-0.2, 0) is 4.79 Å². The summed E-state index contributed by atoms with van der Waals surface area (Å²) >= 11 is 0. The van der Waals surface area contributed by atoms with Crippen LogP contribution in [0.4, 0.5) is 11.4 Å². The summed E-state index contributed by atoms with van der Waals surface area (Å²) in [5.74, 6) is 0.606. The van der Waals surface area contributed by atoms with E-state index in [1.165, 1.54) is 18.5 Å². The monoisotopic (exact) mass is 244 g/mol. The average molecular weight is 244 g/mol. The van der Waals surface area contributed by atoms with Gasteiger partial charge in [0.1, 0.15) is 0 Å². The third-order valence-electron chi connectivity index (χ3n) is 4.21. The second kappa shape index (κ2) is 4.63. The number of benzene rings is 1. The van der Waals surface area contributed by atoms with Crippen LogP contribution in [0.15, 0.2) is 24.3 Å². The summed E-state index contributed by atoms with van der Waals surface area (Å²) in [6.45, 7) is 1.75. The smallest absolute Gasteiger partial charge is 0.230 e. The van der Waals surface area contributed by atoms with E-state index in [0.717, 1.165) is 31.6 Å². The van der Waals surface area contributed by atoms with Crippen LogP contribution in [0.3, 0.4) is 0 Å². The molecule has 0 aromatic heterocycles. The maximum atomic E-state index is 12.6. The van der Waals surface area contributed by atoms with Crippen LogP contribution in [0.5, 0.6) is 0 Å². The molecule has 1 aromatic rings. The molecule has 1 heterocycles. The van der Waals surface area contributed by atoms with Gasteiger partial charge in [0.25, 0.3) is 0 Å². The first-order valence-corrected chi connectivity index (χ1v) is 6.89. The Kier molecular flexibility index (Phi) is 2.98. The molecule has 1 aliphatic heterocycles. The van der Waals surface area contributed by atoms with Gasteiger partial charge in [-0.1, -0.05) is 25.0 Å². The largest absolute Gasteiger partial charge is 0.371 e. The second-order valence-corrected chi connectivity index (χ2v) is 5.38. The fraction of sp³-hybridized carbons (Fsp3) is 0.533. The first-order chi connectivity index (χ1) is 8.77. The van der Waals surface area contributed by atoms with Gasteiger partial charge in [-0.2, -0.15) is 0 Å². The van der Waals surface area contributed by atoms with Crippen LogP contribution in [0, 0.1) is 5.92 Å². The lowest BCUT2D eigenvalue weighted by Gasteiger charge is -2.36. The van der Waals surface area contributed by atoms with Crippen molar-refractivity contribution >= 4 is 17.3 Å². The lowest BCUT2D eigenvalue weighted by Crippen LogP contribution is -2.44. The first kappa shape index (κ1) is 11.6. The number of anilines is 2. The van der Waals surface area contributed by atoms with E-state index in [0.29, 0.717) is 5.91 Å². The van der Waals surface area contributed by atoms with E-state index in [1.54, 1.807) is 0 Å². The van der Waals surface area contributed by atoms with Crippen molar-refractivity contribution in [2.75, 3.05) is 29.9 Å². The topological polar surface area (TPSA) is 23.6 Å². The highest BCUT2D eigenvalue weighted by molar-refractivity contribution is 5.99. The summed E-state index contributed by atoms with van der Waals surface area (Å²) in [6.07, 6.45) is 4.58. The van der Waals surface area contributed by atoms with Gasteiger partial charge in [-0.3, -0.25) is 4.79 Å². The van der Waals surface area contributed by atoms with Crippen LogP contribution in [0.25, 0.3) is 0 Å². The van der Waals surface area contributed by atoms with Gasteiger partial charge in [-0.05, 0) is 25.0 Å². The molecule has 0 radical (unpaired) electrons. The Morgan fingerprint density at radius 2 is 1.78 bits per heavy atom. The van der Waals surface area contributed by atoms with Gasteiger partial charge >= 0.3 is 0 Å². The number of hydrogen-bond donors (Lipinski definition) is 0. The van der Waals surface area contributed by atoms with E-state index in [2.05, 4.69) is 24.1 Å². The van der Waals surface area contributed by atoms with Gasteiger partial charge < -0.3 is 9.80 Å². The Hall–Kier alpha value is -1.51. The summed E-state index contributed by atoms with van der Waals surface area (Å²) in [7, 11) is 2.09. The van der Waals surface area contributed by atoms with Crippen molar-refractivity contribution in [1.29, 1.82) is 0 Å². The standard InChI is InChI=1S/C15H20N2O/c1-16-10-11-17(14-9-5-4-8-13(14)16)15(18)12-6-2-3-7-12/h4-5,8-9,12H,2-3,6-7,10-11H2,1H3. The number of para-hydroxylation sites is 2. The minimum atomic E-state index is 0.265. The van der Waals surface area contributed by atoms with Crippen molar-refractivity contribution in [2.24, 2.45) is 5.92 Å². The molecule has 1 saturated carbocycles. The minimum Gasteiger partial charge on any atom is -0.371 e. The molecule has 96 valence electrons. The zero-order valence-electron chi connectivity index (χ0n) is 10.9. The van der Waals surface area contributed by atoms with Gasteiger partial charge in [0.15, 0.2) is 0 Å². The SMILES string of the molecule is CN1CCN(C(=O)C2CCCC2)c2ccccc21. The summed E-state index contributed by atoms with van der Waals surface area (Å²) in [5, 5.41) is 0. The molecule has 1 aliphatic carbocycles. The Labute approximate surface area is 108 Å². The van der Waals surface area contributed by atoms with E-state index in [1.807, 2.05) is 17.0 Å². The molecule has 1 amide bonds. The summed E-state index contributed by atoms with van der Waals surface area (Å²) in [6, 6.07) is 8.23. The highest BCUT2D eigenvalue weighted by atomic mass is 16.2. The lowest BCUT2D eigenvalue weighted by molar-refractivity contribution is -0.122. The maximum absolute atomic E-state index is 12.6. The fourth-order valence-electron chi connectivity index (χ4n) is 3.13. The van der Waals surface area contributed by atoms with Gasteiger partial charge in [0.05, 0.1) is 11.4 Å². The molecule has 0 N–H and O–H groups in total. The highest BCUT2D eigenvalue weighted by Crippen LogP contribution is 2.35. The van der Waals surface area contributed by atoms with Gasteiger partial charge in [-0.15, -0.1) is 0 Å². The van der Waals surface area contributed by atoms with Crippen molar-refractivity contribution in [2.45, 2.75) is 25.7 Å². The van der Waals surface area contributed by atoms with E-state index >= 15 is 0 Å². The van der Waals surface area contributed by atoms with Crippen LogP contribution in [0.2, 0.25) is 0 Å². The highest BCUT2D eigenvalue weighted by Gasteiger charge is 2.31. The Morgan fingerprint density at radius 3 is 2.50 bits per heavy atom. The minimum absolute atomic E-state index is 0.265. The van der Waals surface area contributed by atoms with E-state index in [-0.39, 0.29) is 5.92 Å². The number of nitrogens with zero attached hydrogens (tertiary/aromatic N) is 2. The summed E-state index contributed by atoms with van der Waals surface area (Å²) < 4.78 is 0. The van der Waals surface area contributed by atoms with E-state index < -0.39 is 0 Å². The zero-order valence-corrected chi connectivity index (χ0v) is 10.9. The quantitative estimate of drug-likeness (QED) is 0.758. The third kappa shape index (κ3) is 1.88. The maximum Gasteiger partial charge on any atom is 0.230 e. The second-order valence-electron chi connectivity index (χ2n) is 5.38. The van der Waals surface area contributed by atoms with Crippen molar-refractivity contribution < 1.29 is 4.79 Å². The number of carbonyl (C=O) groups is 1. The number of carbonyl (C=O) groups excluding carboxylic acids is 1. The molecule has 3 heteroatoms. The number of hydrogen-bond acceptors (Lipinski definition) is 2. The van der Waals surface area contributed by atoms with Gasteiger partial charge in [0.2, 0.25) is 5.91 Å². The predicted octanol–water partition coefficient (Wildman–Crippen LogP) is 2.66. The Morgan fingerprint density at radius 1 is 1.11 bits per heavy atom. The van der Waals surface area contributed by atoms with E-state index in [4.69, 9.17) is 0 Å². The summed E-state index contributed by atoms with van der Waals surface area (Å²) in [4.78, 5) is 16.8. The zero-order chi connectivity index (χ0) is 12.5. The Bertz CT molecular complexity index is 452. The molecule has 0 atom stereocenters. The number of fused-ring (bicyclic) bond motifs is 1. The number of likely N-dealkylation sites (N-methyl/N-ethyl adjacent to an activating group) is 1. The normalized spacial score (nSPS) is 20.1. The number of rotatable bonds is 1. The average Bonchev–Trinajstić information content (AvgIpc) is 2.93. The predicted molar refractivity (Wildman–Crippen MR) is 74.0 cm³/mol. The molecule has 3 rings (SSSR count). The van der Waals surface area contributed by atoms with Crippen LogP contribution >= 0.6 is 0 Å².